The molecule has 4 nitrogen and oxygen atoms in total. The lowest BCUT2D eigenvalue weighted by Crippen LogP contribution is -2.18. The Morgan fingerprint density at radius 1 is 0.964 bits per heavy atom. The molecule has 3 aromatic rings. The molecular weight excluding hydrogens is 346 g/mol. The summed E-state index contributed by atoms with van der Waals surface area (Å²) in [6.07, 6.45) is 6.79. The maximum absolute atomic E-state index is 12.6. The summed E-state index contributed by atoms with van der Waals surface area (Å²) in [6, 6.07) is 18.0. The summed E-state index contributed by atoms with van der Waals surface area (Å²) in [7, 11) is 0. The Kier molecular flexibility index (Phi) is 5.56. The Bertz CT molecular complexity index is 977. The molecule has 0 aliphatic heterocycles. The standard InChI is InChI=1S/C24H27N3O/c1-17-15-23(19-11-5-6-12-20(19)25-17)26-21-13-7-8-14-22(21)27-24(28)16-18-9-3-2-4-10-18/h5-8,11-15,18H,2-4,9-10,16H2,1H3,(H,25,26)(H,27,28). The maximum Gasteiger partial charge on any atom is 0.224 e. The van der Waals surface area contributed by atoms with E-state index in [4.69, 9.17) is 0 Å². The van der Waals surface area contributed by atoms with Crippen LogP contribution in [0.3, 0.4) is 0 Å². The Balaban J connectivity index is 1.54. The molecule has 1 saturated carbocycles. The number of aromatic nitrogens is 1. The minimum absolute atomic E-state index is 0.108. The van der Waals surface area contributed by atoms with Crippen LogP contribution in [0.5, 0.6) is 0 Å². The van der Waals surface area contributed by atoms with Crippen LogP contribution in [0.15, 0.2) is 54.6 Å². The molecule has 1 aliphatic rings. The summed E-state index contributed by atoms with van der Waals surface area (Å²) in [6.45, 7) is 2.00. The van der Waals surface area contributed by atoms with E-state index in [0.717, 1.165) is 33.7 Å². The summed E-state index contributed by atoms with van der Waals surface area (Å²) in [5.74, 6) is 0.637. The molecule has 4 rings (SSSR count). The maximum atomic E-state index is 12.6. The van der Waals surface area contributed by atoms with Crippen LogP contribution >= 0.6 is 0 Å². The van der Waals surface area contributed by atoms with Gasteiger partial charge in [0.2, 0.25) is 5.91 Å². The Morgan fingerprint density at radius 2 is 1.68 bits per heavy atom. The van der Waals surface area contributed by atoms with Gasteiger partial charge >= 0.3 is 0 Å². The van der Waals surface area contributed by atoms with Gasteiger partial charge in [0.15, 0.2) is 0 Å². The lowest BCUT2D eigenvalue weighted by atomic mass is 9.87. The molecule has 0 atom stereocenters. The third-order valence-electron chi connectivity index (χ3n) is 5.51. The molecule has 28 heavy (non-hydrogen) atoms. The Hall–Kier alpha value is -2.88. The molecule has 0 saturated heterocycles. The number of rotatable bonds is 5. The third-order valence-corrected chi connectivity index (χ3v) is 5.51. The molecule has 4 heteroatoms. The van der Waals surface area contributed by atoms with E-state index in [9.17, 15) is 4.79 Å². The zero-order chi connectivity index (χ0) is 19.3. The zero-order valence-corrected chi connectivity index (χ0v) is 16.4. The Morgan fingerprint density at radius 3 is 2.50 bits per heavy atom. The largest absolute Gasteiger partial charge is 0.353 e. The molecule has 1 amide bonds. The molecule has 1 aromatic heterocycles. The highest BCUT2D eigenvalue weighted by Crippen LogP contribution is 2.31. The topological polar surface area (TPSA) is 54.0 Å². The first kappa shape index (κ1) is 18.5. The fraction of sp³-hybridized carbons (Fsp3) is 0.333. The van der Waals surface area contributed by atoms with Crippen molar-refractivity contribution < 1.29 is 4.79 Å². The first-order valence-corrected chi connectivity index (χ1v) is 10.2. The van der Waals surface area contributed by atoms with Crippen LogP contribution in [-0.4, -0.2) is 10.9 Å². The van der Waals surface area contributed by atoms with Crippen LogP contribution in [0.2, 0.25) is 0 Å². The number of carbonyl (C=O) groups excluding carboxylic acids is 1. The average molecular weight is 374 g/mol. The van der Waals surface area contributed by atoms with Gasteiger partial charge in [-0.1, -0.05) is 49.6 Å². The van der Waals surface area contributed by atoms with Crippen LogP contribution in [0.1, 0.15) is 44.2 Å². The SMILES string of the molecule is Cc1cc(Nc2ccccc2NC(=O)CC2CCCCC2)c2ccccc2n1. The summed E-state index contributed by atoms with van der Waals surface area (Å²) in [4.78, 5) is 17.2. The number of pyridine rings is 1. The molecule has 2 aromatic carbocycles. The van der Waals surface area contributed by atoms with Gasteiger partial charge in [0, 0.05) is 23.2 Å². The van der Waals surface area contributed by atoms with Crippen molar-refractivity contribution in [1.82, 2.24) is 4.98 Å². The van der Waals surface area contributed by atoms with E-state index in [1.54, 1.807) is 0 Å². The number of hydrogen-bond acceptors (Lipinski definition) is 3. The normalized spacial score (nSPS) is 14.8. The summed E-state index contributed by atoms with van der Waals surface area (Å²) < 4.78 is 0. The molecular formula is C24H27N3O. The van der Waals surface area contributed by atoms with Gasteiger partial charge in [-0.3, -0.25) is 9.78 Å². The van der Waals surface area contributed by atoms with E-state index in [-0.39, 0.29) is 5.91 Å². The van der Waals surface area contributed by atoms with Crippen molar-refractivity contribution in [1.29, 1.82) is 0 Å². The number of carbonyl (C=O) groups is 1. The average Bonchev–Trinajstić information content (AvgIpc) is 2.70. The molecule has 0 spiro atoms. The zero-order valence-electron chi connectivity index (χ0n) is 16.4. The van der Waals surface area contributed by atoms with E-state index >= 15 is 0 Å². The third kappa shape index (κ3) is 4.33. The van der Waals surface area contributed by atoms with Gasteiger partial charge in [0.1, 0.15) is 0 Å². The van der Waals surface area contributed by atoms with Crippen LogP contribution in [0, 0.1) is 12.8 Å². The molecule has 1 heterocycles. The first-order chi connectivity index (χ1) is 13.7. The predicted octanol–water partition coefficient (Wildman–Crippen LogP) is 6.20. The molecule has 0 bridgehead atoms. The molecule has 0 unspecified atom stereocenters. The van der Waals surface area contributed by atoms with Gasteiger partial charge < -0.3 is 10.6 Å². The molecule has 144 valence electrons. The van der Waals surface area contributed by atoms with Crippen molar-refractivity contribution in [3.63, 3.8) is 0 Å². The fourth-order valence-electron chi connectivity index (χ4n) is 4.11. The molecule has 0 radical (unpaired) electrons. The Labute approximate surface area is 166 Å². The number of aryl methyl sites for hydroxylation is 1. The van der Waals surface area contributed by atoms with Crippen LogP contribution in [0.25, 0.3) is 10.9 Å². The first-order valence-electron chi connectivity index (χ1n) is 10.2. The summed E-state index contributed by atoms with van der Waals surface area (Å²) in [5.41, 5.74) is 4.64. The van der Waals surface area contributed by atoms with E-state index in [1.807, 2.05) is 55.5 Å². The quantitative estimate of drug-likeness (QED) is 0.560. The second kappa shape index (κ2) is 8.42. The van der Waals surface area contributed by atoms with Crippen molar-refractivity contribution in [2.45, 2.75) is 45.4 Å². The number of para-hydroxylation sites is 3. The lowest BCUT2D eigenvalue weighted by Gasteiger charge is -2.21. The van der Waals surface area contributed by atoms with Crippen LogP contribution < -0.4 is 10.6 Å². The van der Waals surface area contributed by atoms with Crippen molar-refractivity contribution in [2.75, 3.05) is 10.6 Å². The summed E-state index contributed by atoms with van der Waals surface area (Å²) >= 11 is 0. The second-order valence-electron chi connectivity index (χ2n) is 7.76. The molecule has 2 N–H and O–H groups in total. The fourth-order valence-corrected chi connectivity index (χ4v) is 4.11. The minimum atomic E-state index is 0.108. The van der Waals surface area contributed by atoms with E-state index < -0.39 is 0 Å². The van der Waals surface area contributed by atoms with Crippen molar-refractivity contribution in [3.05, 3.63) is 60.3 Å². The van der Waals surface area contributed by atoms with Crippen molar-refractivity contribution in [3.8, 4) is 0 Å². The van der Waals surface area contributed by atoms with E-state index in [1.165, 1.54) is 32.1 Å². The highest BCUT2D eigenvalue weighted by atomic mass is 16.1. The lowest BCUT2D eigenvalue weighted by molar-refractivity contribution is -0.117. The van der Waals surface area contributed by atoms with Gasteiger partial charge in [0.25, 0.3) is 0 Å². The predicted molar refractivity (Wildman–Crippen MR) is 116 cm³/mol. The van der Waals surface area contributed by atoms with Gasteiger partial charge in [0.05, 0.1) is 16.9 Å². The van der Waals surface area contributed by atoms with Crippen LogP contribution in [0.4, 0.5) is 17.1 Å². The number of nitrogens with one attached hydrogen (secondary N) is 2. The number of benzene rings is 2. The van der Waals surface area contributed by atoms with Crippen LogP contribution in [-0.2, 0) is 4.79 Å². The molecule has 1 aliphatic carbocycles. The van der Waals surface area contributed by atoms with Gasteiger partial charge in [-0.15, -0.1) is 0 Å². The number of amides is 1. The number of fused-ring (bicyclic) bond motifs is 1. The second-order valence-corrected chi connectivity index (χ2v) is 7.76. The van der Waals surface area contributed by atoms with E-state index in [2.05, 4.69) is 21.7 Å². The van der Waals surface area contributed by atoms with Crippen molar-refractivity contribution in [2.24, 2.45) is 5.92 Å². The number of nitrogens with zero attached hydrogens (tertiary/aromatic N) is 1. The van der Waals surface area contributed by atoms with E-state index in [0.29, 0.717) is 12.3 Å². The number of anilines is 3. The van der Waals surface area contributed by atoms with Gasteiger partial charge in [-0.25, -0.2) is 0 Å². The monoisotopic (exact) mass is 373 g/mol. The molecule has 1 fully saturated rings. The minimum Gasteiger partial charge on any atom is -0.353 e. The highest BCUT2D eigenvalue weighted by molar-refractivity contribution is 5.98. The smallest absolute Gasteiger partial charge is 0.224 e. The van der Waals surface area contributed by atoms with Gasteiger partial charge in [-0.2, -0.15) is 0 Å². The van der Waals surface area contributed by atoms with Crippen molar-refractivity contribution >= 4 is 33.9 Å². The highest BCUT2D eigenvalue weighted by Gasteiger charge is 2.18. The summed E-state index contributed by atoms with van der Waals surface area (Å²) in [5, 5.41) is 7.70. The van der Waals surface area contributed by atoms with Gasteiger partial charge in [-0.05, 0) is 49.9 Å². The number of hydrogen-bond donors (Lipinski definition) is 2.